The van der Waals surface area contributed by atoms with Crippen molar-refractivity contribution in [2.24, 2.45) is 5.92 Å². The smallest absolute Gasteiger partial charge is 0.148 e. The summed E-state index contributed by atoms with van der Waals surface area (Å²) < 4.78 is 12.2. The summed E-state index contributed by atoms with van der Waals surface area (Å²) in [5.74, 6) is -0.527. The minimum absolute atomic E-state index is 0.0185. The standard InChI is InChI=1S/C21H30O3S/c1-12(2)25(24)16(6)9-17-10-18(22)21(19(23)11-17)20-14(4)7-13(3)8-15(20)5/h7-8,12,16-17,21H,9-11H2,1-6H3. The van der Waals surface area contributed by atoms with Gasteiger partial charge in [0, 0.05) is 34.1 Å². The minimum Gasteiger partial charge on any atom is -0.299 e. The van der Waals surface area contributed by atoms with Crippen molar-refractivity contribution in [1.29, 1.82) is 0 Å². The van der Waals surface area contributed by atoms with E-state index < -0.39 is 16.7 Å². The molecular formula is C21H30O3S. The zero-order valence-electron chi connectivity index (χ0n) is 16.2. The Labute approximate surface area is 154 Å². The molecule has 138 valence electrons. The number of benzene rings is 1. The molecule has 0 saturated heterocycles. The van der Waals surface area contributed by atoms with Gasteiger partial charge in [0.15, 0.2) is 0 Å². The molecule has 2 atom stereocenters. The molecule has 0 amide bonds. The third-order valence-corrected chi connectivity index (χ3v) is 7.09. The van der Waals surface area contributed by atoms with Crippen LogP contribution < -0.4 is 0 Å². The number of rotatable bonds is 5. The van der Waals surface area contributed by atoms with Crippen molar-refractivity contribution in [3.63, 3.8) is 0 Å². The van der Waals surface area contributed by atoms with Crippen LogP contribution in [-0.2, 0) is 20.4 Å². The van der Waals surface area contributed by atoms with Gasteiger partial charge in [-0.2, -0.15) is 0 Å². The Morgan fingerprint density at radius 1 is 1.00 bits per heavy atom. The highest BCUT2D eigenvalue weighted by atomic mass is 32.2. The van der Waals surface area contributed by atoms with E-state index in [9.17, 15) is 13.8 Å². The summed E-state index contributed by atoms with van der Waals surface area (Å²) in [6, 6.07) is 4.09. The maximum absolute atomic E-state index is 12.8. The van der Waals surface area contributed by atoms with Crippen LogP contribution in [-0.4, -0.2) is 26.3 Å². The molecule has 1 aromatic carbocycles. The van der Waals surface area contributed by atoms with Gasteiger partial charge in [-0.05, 0) is 49.8 Å². The Morgan fingerprint density at radius 3 is 1.92 bits per heavy atom. The van der Waals surface area contributed by atoms with Gasteiger partial charge in [0.25, 0.3) is 0 Å². The molecule has 1 aromatic rings. The topological polar surface area (TPSA) is 51.2 Å². The zero-order chi connectivity index (χ0) is 18.9. The van der Waals surface area contributed by atoms with Crippen molar-refractivity contribution in [2.45, 2.75) is 77.2 Å². The van der Waals surface area contributed by atoms with Gasteiger partial charge in [0.1, 0.15) is 17.5 Å². The predicted octanol–water partition coefficient (Wildman–Crippen LogP) is 4.18. The highest BCUT2D eigenvalue weighted by molar-refractivity contribution is 7.86. The van der Waals surface area contributed by atoms with E-state index in [2.05, 4.69) is 0 Å². The van der Waals surface area contributed by atoms with E-state index in [0.717, 1.165) is 22.3 Å². The van der Waals surface area contributed by atoms with Gasteiger partial charge < -0.3 is 0 Å². The molecule has 2 rings (SSSR count). The Hall–Kier alpha value is -1.29. The predicted molar refractivity (Wildman–Crippen MR) is 103 cm³/mol. The highest BCUT2D eigenvalue weighted by Crippen LogP contribution is 2.36. The molecule has 4 heteroatoms. The number of aryl methyl sites for hydroxylation is 3. The van der Waals surface area contributed by atoms with Crippen molar-refractivity contribution in [1.82, 2.24) is 0 Å². The normalized spacial score (nSPS) is 23.8. The average molecular weight is 363 g/mol. The monoisotopic (exact) mass is 362 g/mol. The van der Waals surface area contributed by atoms with Gasteiger partial charge in [0.2, 0.25) is 0 Å². The summed E-state index contributed by atoms with van der Waals surface area (Å²) in [7, 11) is -0.918. The van der Waals surface area contributed by atoms with Gasteiger partial charge in [-0.1, -0.05) is 38.5 Å². The summed E-state index contributed by atoms with van der Waals surface area (Å²) in [5, 5.41) is 0.126. The Kier molecular flexibility index (Phi) is 6.36. The van der Waals surface area contributed by atoms with E-state index in [1.807, 2.05) is 53.7 Å². The Morgan fingerprint density at radius 2 is 1.48 bits per heavy atom. The minimum atomic E-state index is -0.918. The summed E-state index contributed by atoms with van der Waals surface area (Å²) >= 11 is 0. The fraction of sp³-hybridized carbons (Fsp3) is 0.619. The lowest BCUT2D eigenvalue weighted by Gasteiger charge is -2.30. The van der Waals surface area contributed by atoms with Gasteiger partial charge in [0.05, 0.1) is 0 Å². The third-order valence-electron chi connectivity index (χ3n) is 5.18. The number of hydrogen-bond donors (Lipinski definition) is 0. The average Bonchev–Trinajstić information content (AvgIpc) is 2.47. The van der Waals surface area contributed by atoms with Gasteiger partial charge >= 0.3 is 0 Å². The SMILES string of the molecule is Cc1cc(C)c(C2C(=O)CC(CC(C)S(=O)C(C)C)CC2=O)c(C)c1. The van der Waals surface area contributed by atoms with Crippen LogP contribution in [0.5, 0.6) is 0 Å². The van der Waals surface area contributed by atoms with E-state index in [4.69, 9.17) is 0 Å². The summed E-state index contributed by atoms with van der Waals surface area (Å²) in [6.07, 6.45) is 1.52. The van der Waals surface area contributed by atoms with Crippen molar-refractivity contribution in [3.05, 3.63) is 34.4 Å². The molecule has 1 saturated carbocycles. The van der Waals surface area contributed by atoms with Gasteiger partial charge in [-0.3, -0.25) is 13.8 Å². The quantitative estimate of drug-likeness (QED) is 0.738. The van der Waals surface area contributed by atoms with Gasteiger partial charge in [-0.15, -0.1) is 0 Å². The maximum Gasteiger partial charge on any atom is 0.148 e. The molecule has 3 nitrogen and oxygen atoms in total. The second-order valence-electron chi connectivity index (χ2n) is 7.88. The van der Waals surface area contributed by atoms with E-state index in [0.29, 0.717) is 19.3 Å². The van der Waals surface area contributed by atoms with Crippen molar-refractivity contribution >= 4 is 22.4 Å². The molecule has 0 spiro atoms. The van der Waals surface area contributed by atoms with E-state index in [-0.39, 0.29) is 28.0 Å². The second-order valence-corrected chi connectivity index (χ2v) is 10.3. The van der Waals surface area contributed by atoms with E-state index in [1.165, 1.54) is 0 Å². The maximum atomic E-state index is 12.8. The number of carbonyl (C=O) groups is 2. The molecule has 0 heterocycles. The number of Topliss-reactive ketones (excluding diaryl/α,β-unsaturated/α-hetero) is 2. The van der Waals surface area contributed by atoms with Crippen LogP contribution >= 0.6 is 0 Å². The zero-order valence-corrected chi connectivity index (χ0v) is 17.0. The van der Waals surface area contributed by atoms with Crippen LogP contribution in [0.2, 0.25) is 0 Å². The van der Waals surface area contributed by atoms with Crippen LogP contribution in [0.25, 0.3) is 0 Å². The fourth-order valence-electron chi connectivity index (χ4n) is 4.22. The first-order chi connectivity index (χ1) is 11.6. The summed E-state index contributed by atoms with van der Waals surface area (Å²) in [4.78, 5) is 25.6. The fourth-order valence-corrected chi connectivity index (χ4v) is 5.61. The molecule has 1 fully saturated rings. The van der Waals surface area contributed by atoms with Crippen molar-refractivity contribution < 1.29 is 13.8 Å². The lowest BCUT2D eigenvalue weighted by atomic mass is 9.73. The largest absolute Gasteiger partial charge is 0.299 e. The Balaban J connectivity index is 2.17. The van der Waals surface area contributed by atoms with Crippen molar-refractivity contribution in [3.8, 4) is 0 Å². The first kappa shape index (κ1) is 20.0. The molecule has 0 aliphatic heterocycles. The lowest BCUT2D eigenvalue weighted by molar-refractivity contribution is -0.133. The van der Waals surface area contributed by atoms with Gasteiger partial charge in [-0.25, -0.2) is 0 Å². The van der Waals surface area contributed by atoms with Crippen LogP contribution in [0.4, 0.5) is 0 Å². The molecule has 1 aliphatic carbocycles. The van der Waals surface area contributed by atoms with E-state index in [1.54, 1.807) is 0 Å². The second kappa shape index (κ2) is 7.94. The summed E-state index contributed by atoms with van der Waals surface area (Å²) in [6.45, 7) is 11.9. The molecular weight excluding hydrogens is 332 g/mol. The number of hydrogen-bond acceptors (Lipinski definition) is 3. The molecule has 1 aliphatic rings. The highest BCUT2D eigenvalue weighted by Gasteiger charge is 2.38. The lowest BCUT2D eigenvalue weighted by Crippen LogP contribution is -2.34. The van der Waals surface area contributed by atoms with Crippen LogP contribution in [0, 0.1) is 26.7 Å². The molecule has 0 aromatic heterocycles. The molecule has 0 N–H and O–H groups in total. The Bertz CT molecular complexity index is 664. The molecule has 0 bridgehead atoms. The first-order valence-electron chi connectivity index (χ1n) is 9.14. The van der Waals surface area contributed by atoms with E-state index >= 15 is 0 Å². The van der Waals surface area contributed by atoms with Crippen LogP contribution in [0.3, 0.4) is 0 Å². The number of ketones is 2. The number of carbonyl (C=O) groups excluding carboxylic acids is 2. The molecule has 2 unspecified atom stereocenters. The van der Waals surface area contributed by atoms with Crippen LogP contribution in [0.15, 0.2) is 12.1 Å². The van der Waals surface area contributed by atoms with Crippen molar-refractivity contribution in [2.75, 3.05) is 0 Å². The molecule has 0 radical (unpaired) electrons. The third kappa shape index (κ3) is 4.46. The molecule has 25 heavy (non-hydrogen) atoms. The first-order valence-corrected chi connectivity index (χ1v) is 10.4. The summed E-state index contributed by atoms with van der Waals surface area (Å²) in [5.41, 5.74) is 4.10. The van der Waals surface area contributed by atoms with Crippen LogP contribution in [0.1, 0.15) is 68.2 Å².